The van der Waals surface area contributed by atoms with Crippen LogP contribution in [0.15, 0.2) is 58.5 Å². The molecule has 0 aliphatic rings. The Labute approximate surface area is 181 Å². The third-order valence-electron chi connectivity index (χ3n) is 4.05. The minimum atomic E-state index is -0.630. The van der Waals surface area contributed by atoms with Gasteiger partial charge in [-0.15, -0.1) is 0 Å². The SMILES string of the molecule is Cc1cccc(NC(=O)/C(C#N)=C\c2ccc(-c3cc([N+](=O)[O-])c(Cl)cc3Cl)o2)c1. The molecule has 1 N–H and O–H groups in total. The Bertz CT molecular complexity index is 1230. The van der Waals surface area contributed by atoms with Crippen molar-refractivity contribution in [2.45, 2.75) is 6.92 Å². The number of halogens is 2. The average Bonchev–Trinajstić information content (AvgIpc) is 3.14. The molecule has 0 radical (unpaired) electrons. The van der Waals surface area contributed by atoms with Gasteiger partial charge in [-0.25, -0.2) is 0 Å². The van der Waals surface area contributed by atoms with Crippen molar-refractivity contribution in [3.63, 3.8) is 0 Å². The molecule has 3 rings (SSSR count). The van der Waals surface area contributed by atoms with Crippen molar-refractivity contribution >= 4 is 46.6 Å². The number of hydrogen-bond donors (Lipinski definition) is 1. The molecule has 0 aliphatic carbocycles. The van der Waals surface area contributed by atoms with Gasteiger partial charge < -0.3 is 9.73 Å². The van der Waals surface area contributed by atoms with Crippen molar-refractivity contribution in [1.29, 1.82) is 5.26 Å². The summed E-state index contributed by atoms with van der Waals surface area (Å²) in [6, 6.07) is 14.5. The highest BCUT2D eigenvalue weighted by Crippen LogP contribution is 2.37. The Hall–Kier alpha value is -3.60. The first-order chi connectivity index (χ1) is 14.3. The molecule has 1 amide bonds. The smallest absolute Gasteiger partial charge is 0.288 e. The fourth-order valence-corrected chi connectivity index (χ4v) is 3.20. The maximum Gasteiger partial charge on any atom is 0.288 e. The van der Waals surface area contributed by atoms with Crippen molar-refractivity contribution < 1.29 is 14.1 Å². The number of nitro groups is 1. The van der Waals surface area contributed by atoms with E-state index in [9.17, 15) is 20.2 Å². The molecule has 2 aromatic carbocycles. The fraction of sp³-hybridized carbons (Fsp3) is 0.0476. The van der Waals surface area contributed by atoms with Crippen LogP contribution in [0, 0.1) is 28.4 Å². The monoisotopic (exact) mass is 441 g/mol. The number of furan rings is 1. The molecule has 0 atom stereocenters. The van der Waals surface area contributed by atoms with Gasteiger partial charge in [-0.2, -0.15) is 5.26 Å². The quantitative estimate of drug-likeness (QED) is 0.225. The summed E-state index contributed by atoms with van der Waals surface area (Å²) in [6.07, 6.45) is 1.27. The van der Waals surface area contributed by atoms with Crippen molar-refractivity contribution in [2.75, 3.05) is 5.32 Å². The Morgan fingerprint density at radius 3 is 2.63 bits per heavy atom. The number of hydrogen-bond acceptors (Lipinski definition) is 5. The maximum absolute atomic E-state index is 12.4. The number of benzene rings is 2. The molecule has 0 spiro atoms. The molecule has 0 aliphatic heterocycles. The van der Waals surface area contributed by atoms with E-state index in [1.54, 1.807) is 18.2 Å². The third kappa shape index (κ3) is 4.69. The number of carbonyl (C=O) groups excluding carboxylic acids is 1. The molecule has 1 heterocycles. The van der Waals surface area contributed by atoms with Gasteiger partial charge >= 0.3 is 0 Å². The average molecular weight is 442 g/mol. The van der Waals surface area contributed by atoms with Gasteiger partial charge in [-0.3, -0.25) is 14.9 Å². The molecular formula is C21H13Cl2N3O4. The number of anilines is 1. The first kappa shape index (κ1) is 21.1. The summed E-state index contributed by atoms with van der Waals surface area (Å²) in [5.41, 5.74) is 1.28. The van der Waals surface area contributed by atoms with Crippen LogP contribution in [-0.2, 0) is 4.79 Å². The summed E-state index contributed by atoms with van der Waals surface area (Å²) in [5, 5.41) is 23.2. The zero-order chi connectivity index (χ0) is 21.8. The molecule has 0 bridgehead atoms. The first-order valence-corrected chi connectivity index (χ1v) is 9.27. The van der Waals surface area contributed by atoms with Gasteiger partial charge in [-0.1, -0.05) is 35.3 Å². The van der Waals surface area contributed by atoms with Crippen molar-refractivity contribution in [2.24, 2.45) is 0 Å². The normalized spacial score (nSPS) is 11.1. The minimum Gasteiger partial charge on any atom is -0.457 e. The number of nitrogens with one attached hydrogen (secondary N) is 1. The minimum absolute atomic E-state index is 0.0972. The Balaban J connectivity index is 1.89. The van der Waals surface area contributed by atoms with Gasteiger partial charge in [0.25, 0.3) is 11.6 Å². The largest absolute Gasteiger partial charge is 0.457 e. The predicted molar refractivity (Wildman–Crippen MR) is 114 cm³/mol. The van der Waals surface area contributed by atoms with Crippen molar-refractivity contribution in [1.82, 2.24) is 0 Å². The number of nitriles is 1. The van der Waals surface area contributed by atoms with Crippen LogP contribution in [-0.4, -0.2) is 10.8 Å². The summed E-state index contributed by atoms with van der Waals surface area (Å²) in [4.78, 5) is 22.9. The van der Waals surface area contributed by atoms with E-state index in [2.05, 4.69) is 5.32 Å². The molecule has 0 unspecified atom stereocenters. The van der Waals surface area contributed by atoms with Crippen LogP contribution in [0.5, 0.6) is 0 Å². The van der Waals surface area contributed by atoms with Gasteiger partial charge in [0.05, 0.1) is 9.95 Å². The third-order valence-corrected chi connectivity index (χ3v) is 4.67. The highest BCUT2D eigenvalue weighted by molar-refractivity contribution is 6.37. The second-order valence-electron chi connectivity index (χ2n) is 6.24. The van der Waals surface area contributed by atoms with E-state index in [-0.39, 0.29) is 38.4 Å². The van der Waals surface area contributed by atoms with E-state index in [1.807, 2.05) is 19.1 Å². The lowest BCUT2D eigenvalue weighted by Crippen LogP contribution is -2.13. The van der Waals surface area contributed by atoms with E-state index < -0.39 is 10.8 Å². The molecule has 7 nitrogen and oxygen atoms in total. The van der Waals surface area contributed by atoms with Crippen molar-refractivity contribution in [3.8, 4) is 17.4 Å². The van der Waals surface area contributed by atoms with Crippen LogP contribution in [0.3, 0.4) is 0 Å². The summed E-state index contributed by atoms with van der Waals surface area (Å²) < 4.78 is 5.62. The maximum atomic E-state index is 12.4. The van der Waals surface area contributed by atoms with Gasteiger partial charge in [-0.05, 0) is 42.8 Å². The number of aryl methyl sites for hydroxylation is 1. The zero-order valence-corrected chi connectivity index (χ0v) is 17.0. The van der Waals surface area contributed by atoms with E-state index in [0.29, 0.717) is 5.69 Å². The van der Waals surface area contributed by atoms with E-state index in [0.717, 1.165) is 5.56 Å². The Kier molecular flexibility index (Phi) is 6.21. The number of nitro benzene ring substituents is 1. The van der Waals surface area contributed by atoms with Crippen LogP contribution in [0.2, 0.25) is 10.0 Å². The number of rotatable bonds is 5. The lowest BCUT2D eigenvalue weighted by atomic mass is 10.1. The fourth-order valence-electron chi connectivity index (χ4n) is 2.65. The van der Waals surface area contributed by atoms with Gasteiger partial charge in [0, 0.05) is 23.4 Å². The summed E-state index contributed by atoms with van der Waals surface area (Å²) in [7, 11) is 0. The van der Waals surface area contributed by atoms with Gasteiger partial charge in [0.1, 0.15) is 28.2 Å². The standard InChI is InChI=1S/C21H13Cl2N3O4/c1-12-3-2-4-14(7-12)25-21(27)13(11-24)8-15-5-6-20(30-15)16-9-19(26(28)29)18(23)10-17(16)22/h2-10H,1H3,(H,25,27)/b13-8-. The second kappa shape index (κ2) is 8.82. The molecule has 0 fully saturated rings. The molecule has 3 aromatic rings. The summed E-state index contributed by atoms with van der Waals surface area (Å²) >= 11 is 12.0. The van der Waals surface area contributed by atoms with Gasteiger partial charge in [0.2, 0.25) is 0 Å². The van der Waals surface area contributed by atoms with E-state index >= 15 is 0 Å². The lowest BCUT2D eigenvalue weighted by Gasteiger charge is -2.05. The van der Waals surface area contributed by atoms with Crippen LogP contribution < -0.4 is 5.32 Å². The molecule has 0 saturated heterocycles. The predicted octanol–water partition coefficient (Wildman–Crippen LogP) is 6.02. The topological polar surface area (TPSA) is 109 Å². The molecule has 0 saturated carbocycles. The molecular weight excluding hydrogens is 429 g/mol. The highest BCUT2D eigenvalue weighted by Gasteiger charge is 2.19. The van der Waals surface area contributed by atoms with Crippen LogP contribution in [0.4, 0.5) is 11.4 Å². The number of carbonyl (C=O) groups is 1. The number of amides is 1. The number of nitrogens with zero attached hydrogens (tertiary/aromatic N) is 2. The first-order valence-electron chi connectivity index (χ1n) is 8.52. The second-order valence-corrected chi connectivity index (χ2v) is 7.05. The zero-order valence-electron chi connectivity index (χ0n) is 15.5. The molecule has 30 heavy (non-hydrogen) atoms. The Morgan fingerprint density at radius 1 is 1.20 bits per heavy atom. The van der Waals surface area contributed by atoms with Gasteiger partial charge in [0.15, 0.2) is 0 Å². The van der Waals surface area contributed by atoms with Crippen LogP contribution in [0.1, 0.15) is 11.3 Å². The lowest BCUT2D eigenvalue weighted by molar-refractivity contribution is -0.384. The van der Waals surface area contributed by atoms with E-state index in [4.69, 9.17) is 27.6 Å². The van der Waals surface area contributed by atoms with Crippen LogP contribution in [0.25, 0.3) is 17.4 Å². The van der Waals surface area contributed by atoms with E-state index in [1.165, 1.54) is 30.3 Å². The molecule has 9 heteroatoms. The summed E-state index contributed by atoms with van der Waals surface area (Å²) in [6.45, 7) is 1.88. The van der Waals surface area contributed by atoms with Crippen molar-refractivity contribution in [3.05, 3.63) is 85.6 Å². The summed E-state index contributed by atoms with van der Waals surface area (Å²) in [5.74, 6) is -0.168. The van der Waals surface area contributed by atoms with Crippen LogP contribution >= 0.6 is 23.2 Å². The molecule has 1 aromatic heterocycles. The highest BCUT2D eigenvalue weighted by atomic mass is 35.5. The molecule has 150 valence electrons. The Morgan fingerprint density at radius 2 is 1.97 bits per heavy atom.